The molecule has 1 aromatic carbocycles. The number of nitrogens with zero attached hydrogens (tertiary/aromatic N) is 2. The molecule has 4 nitrogen and oxygen atoms in total. The minimum Gasteiger partial charge on any atom is -0.334 e. The fourth-order valence-electron chi connectivity index (χ4n) is 1.79. The Bertz CT molecular complexity index is 524. The van der Waals surface area contributed by atoms with Gasteiger partial charge in [0.2, 0.25) is 0 Å². The Kier molecular flexibility index (Phi) is 5.61. The van der Waals surface area contributed by atoms with E-state index in [9.17, 15) is 0 Å². The molecule has 0 saturated carbocycles. The second-order valence-corrected chi connectivity index (χ2v) is 6.02. The average Bonchev–Trinajstić information content (AvgIpc) is 2.94. The Hall–Kier alpha value is -1.33. The zero-order chi connectivity index (χ0) is 14.4. The Morgan fingerprint density at radius 2 is 2.05 bits per heavy atom. The Balaban J connectivity index is 2.04. The van der Waals surface area contributed by atoms with Crippen LogP contribution in [0.2, 0.25) is 0 Å². The Morgan fingerprint density at radius 3 is 2.70 bits per heavy atom. The van der Waals surface area contributed by atoms with Crippen LogP contribution in [0.5, 0.6) is 0 Å². The summed E-state index contributed by atoms with van der Waals surface area (Å²) < 4.78 is 5.32. The summed E-state index contributed by atoms with van der Waals surface area (Å²) in [6, 6.07) is 8.68. The van der Waals surface area contributed by atoms with Crippen LogP contribution < -0.4 is 5.32 Å². The first-order valence-corrected chi connectivity index (χ1v) is 8.05. The van der Waals surface area contributed by atoms with Gasteiger partial charge in [0.15, 0.2) is 5.82 Å². The molecule has 2 aromatic rings. The SMILES string of the molecule is CCSCc1ccc(-c2nc(CC(C)NC)no2)cc1. The summed E-state index contributed by atoms with van der Waals surface area (Å²) in [5.41, 5.74) is 2.30. The predicted molar refractivity (Wildman–Crippen MR) is 83.8 cm³/mol. The lowest BCUT2D eigenvalue weighted by Gasteiger charge is -2.04. The number of hydrogen-bond acceptors (Lipinski definition) is 5. The molecule has 0 aliphatic heterocycles. The van der Waals surface area contributed by atoms with E-state index in [1.54, 1.807) is 0 Å². The first-order chi connectivity index (χ1) is 9.72. The molecule has 0 saturated heterocycles. The molecule has 1 unspecified atom stereocenters. The van der Waals surface area contributed by atoms with Gasteiger partial charge in [0.25, 0.3) is 5.89 Å². The molecular formula is C15H21N3OS. The quantitative estimate of drug-likeness (QED) is 0.849. The number of aromatic nitrogens is 2. The maximum absolute atomic E-state index is 5.32. The largest absolute Gasteiger partial charge is 0.334 e. The third-order valence-electron chi connectivity index (χ3n) is 3.12. The highest BCUT2D eigenvalue weighted by molar-refractivity contribution is 7.98. The topological polar surface area (TPSA) is 51.0 Å². The van der Waals surface area contributed by atoms with Crippen molar-refractivity contribution in [2.75, 3.05) is 12.8 Å². The van der Waals surface area contributed by atoms with Gasteiger partial charge in [-0.1, -0.05) is 24.2 Å². The number of rotatable bonds is 7. The van der Waals surface area contributed by atoms with Gasteiger partial charge in [-0.05, 0) is 37.4 Å². The molecule has 1 N–H and O–H groups in total. The average molecular weight is 291 g/mol. The summed E-state index contributed by atoms with van der Waals surface area (Å²) in [6.45, 7) is 4.27. The number of nitrogens with one attached hydrogen (secondary N) is 1. The fraction of sp³-hybridized carbons (Fsp3) is 0.467. The lowest BCUT2D eigenvalue weighted by atomic mass is 10.1. The lowest BCUT2D eigenvalue weighted by molar-refractivity contribution is 0.418. The molecule has 0 bridgehead atoms. The van der Waals surface area contributed by atoms with Gasteiger partial charge in [-0.3, -0.25) is 0 Å². The second-order valence-electron chi connectivity index (χ2n) is 4.74. The molecule has 1 atom stereocenters. The van der Waals surface area contributed by atoms with E-state index in [0.717, 1.165) is 29.3 Å². The van der Waals surface area contributed by atoms with E-state index < -0.39 is 0 Å². The van der Waals surface area contributed by atoms with Crippen molar-refractivity contribution in [2.24, 2.45) is 0 Å². The van der Waals surface area contributed by atoms with Crippen LogP contribution in [0.3, 0.4) is 0 Å². The van der Waals surface area contributed by atoms with E-state index in [4.69, 9.17) is 4.52 Å². The van der Waals surface area contributed by atoms with Gasteiger partial charge >= 0.3 is 0 Å². The van der Waals surface area contributed by atoms with E-state index in [0.29, 0.717) is 11.9 Å². The molecule has 1 aromatic heterocycles. The van der Waals surface area contributed by atoms with E-state index in [1.807, 2.05) is 30.9 Å². The van der Waals surface area contributed by atoms with Crippen molar-refractivity contribution >= 4 is 11.8 Å². The molecule has 5 heteroatoms. The van der Waals surface area contributed by atoms with Crippen LogP contribution in [0, 0.1) is 0 Å². The van der Waals surface area contributed by atoms with Crippen molar-refractivity contribution in [3.8, 4) is 11.5 Å². The van der Waals surface area contributed by atoms with Crippen LogP contribution in [-0.4, -0.2) is 29.0 Å². The second kappa shape index (κ2) is 7.45. The smallest absolute Gasteiger partial charge is 0.257 e. The Labute approximate surface area is 124 Å². The highest BCUT2D eigenvalue weighted by Crippen LogP contribution is 2.20. The first kappa shape index (κ1) is 15.1. The standard InChI is InChI=1S/C15H21N3OS/c1-4-20-10-12-5-7-13(8-6-12)15-17-14(18-19-15)9-11(2)16-3/h5-8,11,16H,4,9-10H2,1-3H3. The highest BCUT2D eigenvalue weighted by atomic mass is 32.2. The summed E-state index contributed by atoms with van der Waals surface area (Å²) in [5.74, 6) is 3.52. The van der Waals surface area contributed by atoms with Crippen molar-refractivity contribution in [2.45, 2.75) is 32.1 Å². The van der Waals surface area contributed by atoms with Crippen molar-refractivity contribution in [3.05, 3.63) is 35.7 Å². The van der Waals surface area contributed by atoms with Crippen molar-refractivity contribution < 1.29 is 4.52 Å². The van der Waals surface area contributed by atoms with E-state index in [1.165, 1.54) is 5.56 Å². The molecule has 0 amide bonds. The summed E-state index contributed by atoms with van der Waals surface area (Å²) in [5, 5.41) is 7.19. The summed E-state index contributed by atoms with van der Waals surface area (Å²) in [7, 11) is 1.93. The first-order valence-electron chi connectivity index (χ1n) is 6.89. The summed E-state index contributed by atoms with van der Waals surface area (Å²) >= 11 is 1.92. The maximum Gasteiger partial charge on any atom is 0.257 e. The third-order valence-corrected chi connectivity index (χ3v) is 4.07. The lowest BCUT2D eigenvalue weighted by Crippen LogP contribution is -2.24. The zero-order valence-corrected chi connectivity index (χ0v) is 13.0. The third kappa shape index (κ3) is 4.08. The molecule has 108 valence electrons. The van der Waals surface area contributed by atoms with E-state index in [-0.39, 0.29) is 0 Å². The summed E-state index contributed by atoms with van der Waals surface area (Å²) in [4.78, 5) is 4.44. The maximum atomic E-state index is 5.32. The molecule has 2 rings (SSSR count). The van der Waals surface area contributed by atoms with Gasteiger partial charge < -0.3 is 9.84 Å². The Morgan fingerprint density at radius 1 is 1.30 bits per heavy atom. The van der Waals surface area contributed by atoms with Crippen LogP contribution in [0.4, 0.5) is 0 Å². The van der Waals surface area contributed by atoms with Crippen molar-refractivity contribution in [3.63, 3.8) is 0 Å². The van der Waals surface area contributed by atoms with Crippen LogP contribution in [0.15, 0.2) is 28.8 Å². The van der Waals surface area contributed by atoms with Gasteiger partial charge in [0.05, 0.1) is 0 Å². The van der Waals surface area contributed by atoms with Crippen LogP contribution >= 0.6 is 11.8 Å². The van der Waals surface area contributed by atoms with E-state index in [2.05, 4.69) is 41.4 Å². The number of thioether (sulfide) groups is 1. The van der Waals surface area contributed by atoms with Crippen molar-refractivity contribution in [1.82, 2.24) is 15.5 Å². The highest BCUT2D eigenvalue weighted by Gasteiger charge is 2.10. The molecule has 0 radical (unpaired) electrons. The van der Waals surface area contributed by atoms with Gasteiger partial charge in [0, 0.05) is 23.8 Å². The summed E-state index contributed by atoms with van der Waals surface area (Å²) in [6.07, 6.45) is 0.769. The van der Waals surface area contributed by atoms with Gasteiger partial charge in [-0.15, -0.1) is 0 Å². The molecule has 0 spiro atoms. The molecular weight excluding hydrogens is 270 g/mol. The molecule has 0 fully saturated rings. The number of hydrogen-bond donors (Lipinski definition) is 1. The van der Waals surface area contributed by atoms with Crippen molar-refractivity contribution in [1.29, 1.82) is 0 Å². The van der Waals surface area contributed by atoms with Crippen LogP contribution in [0.1, 0.15) is 25.2 Å². The van der Waals surface area contributed by atoms with E-state index >= 15 is 0 Å². The van der Waals surface area contributed by atoms with Gasteiger partial charge in [0.1, 0.15) is 0 Å². The minimum atomic E-state index is 0.342. The number of benzene rings is 1. The molecule has 0 aliphatic rings. The zero-order valence-electron chi connectivity index (χ0n) is 12.2. The van der Waals surface area contributed by atoms with Crippen LogP contribution in [-0.2, 0) is 12.2 Å². The molecule has 20 heavy (non-hydrogen) atoms. The predicted octanol–water partition coefficient (Wildman–Crippen LogP) is 3.14. The molecule has 0 aliphatic carbocycles. The monoisotopic (exact) mass is 291 g/mol. The van der Waals surface area contributed by atoms with Gasteiger partial charge in [-0.2, -0.15) is 16.7 Å². The van der Waals surface area contributed by atoms with Gasteiger partial charge in [-0.25, -0.2) is 0 Å². The number of likely N-dealkylation sites (N-methyl/N-ethyl adjacent to an activating group) is 1. The normalized spacial score (nSPS) is 12.6. The van der Waals surface area contributed by atoms with Crippen LogP contribution in [0.25, 0.3) is 11.5 Å². The minimum absolute atomic E-state index is 0.342. The fourth-order valence-corrected chi connectivity index (χ4v) is 2.43. The molecule has 1 heterocycles.